The number of ketones is 1. The van der Waals surface area contributed by atoms with Gasteiger partial charge in [0, 0.05) is 18.5 Å². The topological polar surface area (TPSA) is 29.1 Å². The SMILES string of the molecule is O=C(CCNc1ccc(F)c(F)c1F)c1ccc2ccccc2c1. The molecule has 122 valence electrons. The van der Waals surface area contributed by atoms with Gasteiger partial charge in [-0.25, -0.2) is 13.2 Å². The van der Waals surface area contributed by atoms with Crippen LogP contribution in [-0.2, 0) is 0 Å². The standard InChI is InChI=1S/C19H14F3NO/c20-15-7-8-16(19(22)18(15)21)23-10-9-17(24)14-6-5-12-3-1-2-4-13(12)11-14/h1-8,11,23H,9-10H2. The molecule has 0 aromatic heterocycles. The van der Waals surface area contributed by atoms with Gasteiger partial charge < -0.3 is 5.32 Å². The third-order valence-electron chi connectivity index (χ3n) is 3.77. The summed E-state index contributed by atoms with van der Waals surface area (Å²) in [5, 5.41) is 4.62. The first-order valence-corrected chi connectivity index (χ1v) is 7.45. The van der Waals surface area contributed by atoms with Crippen molar-refractivity contribution in [3.8, 4) is 0 Å². The summed E-state index contributed by atoms with van der Waals surface area (Å²) in [5.74, 6) is -4.17. The molecule has 0 heterocycles. The lowest BCUT2D eigenvalue weighted by Gasteiger charge is -2.08. The predicted octanol–water partition coefficient (Wildman–Crippen LogP) is 4.94. The quantitative estimate of drug-likeness (QED) is 0.530. The lowest BCUT2D eigenvalue weighted by Crippen LogP contribution is -2.10. The Balaban J connectivity index is 1.66. The minimum atomic E-state index is -1.53. The van der Waals surface area contributed by atoms with Crippen LogP contribution in [0.15, 0.2) is 54.6 Å². The summed E-state index contributed by atoms with van der Waals surface area (Å²) in [4.78, 5) is 12.2. The third kappa shape index (κ3) is 3.25. The maximum atomic E-state index is 13.5. The Labute approximate surface area is 136 Å². The van der Waals surface area contributed by atoms with Crippen molar-refractivity contribution in [1.29, 1.82) is 0 Å². The molecule has 3 aromatic carbocycles. The number of halogens is 3. The second-order valence-corrected chi connectivity index (χ2v) is 5.38. The Hall–Kier alpha value is -2.82. The first-order valence-electron chi connectivity index (χ1n) is 7.45. The summed E-state index contributed by atoms with van der Waals surface area (Å²) in [6.45, 7) is 0.119. The number of hydrogen-bond donors (Lipinski definition) is 1. The molecule has 0 unspecified atom stereocenters. The molecule has 0 aliphatic rings. The normalized spacial score (nSPS) is 10.8. The van der Waals surface area contributed by atoms with E-state index in [9.17, 15) is 18.0 Å². The Kier molecular flexibility index (Phi) is 4.51. The van der Waals surface area contributed by atoms with Gasteiger partial charge in [-0.1, -0.05) is 36.4 Å². The summed E-state index contributed by atoms with van der Waals surface area (Å²) >= 11 is 0. The van der Waals surface area contributed by atoms with Gasteiger partial charge in [0.15, 0.2) is 23.2 Å². The van der Waals surface area contributed by atoms with Gasteiger partial charge >= 0.3 is 0 Å². The summed E-state index contributed by atoms with van der Waals surface area (Å²) < 4.78 is 39.5. The number of anilines is 1. The molecule has 0 radical (unpaired) electrons. The van der Waals surface area contributed by atoms with Gasteiger partial charge in [0.1, 0.15) is 0 Å². The van der Waals surface area contributed by atoms with E-state index in [1.165, 1.54) is 0 Å². The molecule has 0 fully saturated rings. The van der Waals surface area contributed by atoms with Gasteiger partial charge in [-0.2, -0.15) is 0 Å². The fourth-order valence-electron chi connectivity index (χ4n) is 2.48. The highest BCUT2D eigenvalue weighted by molar-refractivity contribution is 6.00. The van der Waals surface area contributed by atoms with Crippen molar-refractivity contribution in [3.63, 3.8) is 0 Å². The summed E-state index contributed by atoms with van der Waals surface area (Å²) in [7, 11) is 0. The molecule has 3 rings (SSSR count). The van der Waals surface area contributed by atoms with Crippen molar-refractivity contribution in [2.24, 2.45) is 0 Å². The molecule has 1 N–H and O–H groups in total. The molecule has 0 aliphatic carbocycles. The molecule has 0 aliphatic heterocycles. The van der Waals surface area contributed by atoms with E-state index in [0.717, 1.165) is 22.9 Å². The molecule has 0 amide bonds. The number of hydrogen-bond acceptors (Lipinski definition) is 2. The van der Waals surface area contributed by atoms with Crippen LogP contribution in [0.2, 0.25) is 0 Å². The van der Waals surface area contributed by atoms with E-state index in [1.807, 2.05) is 30.3 Å². The Bertz CT molecular complexity index is 908. The molecule has 5 heteroatoms. The van der Waals surface area contributed by atoms with Gasteiger partial charge in [-0.05, 0) is 29.0 Å². The van der Waals surface area contributed by atoms with Gasteiger partial charge in [0.25, 0.3) is 0 Å². The van der Waals surface area contributed by atoms with E-state index < -0.39 is 17.5 Å². The van der Waals surface area contributed by atoms with Gasteiger partial charge in [-0.15, -0.1) is 0 Å². The lowest BCUT2D eigenvalue weighted by molar-refractivity contribution is 0.0986. The van der Waals surface area contributed by atoms with Gasteiger partial charge in [0.05, 0.1) is 5.69 Å². The Morgan fingerprint density at radius 3 is 2.42 bits per heavy atom. The van der Waals surface area contributed by atoms with Crippen LogP contribution in [0.1, 0.15) is 16.8 Å². The van der Waals surface area contributed by atoms with E-state index in [1.54, 1.807) is 12.1 Å². The van der Waals surface area contributed by atoms with E-state index in [0.29, 0.717) is 5.56 Å². The molecule has 0 spiro atoms. The molecular formula is C19H14F3NO. The zero-order valence-electron chi connectivity index (χ0n) is 12.7. The predicted molar refractivity (Wildman–Crippen MR) is 87.7 cm³/mol. The van der Waals surface area contributed by atoms with Crippen molar-refractivity contribution < 1.29 is 18.0 Å². The number of rotatable bonds is 5. The number of carbonyl (C=O) groups is 1. The molecule has 3 aromatic rings. The zero-order chi connectivity index (χ0) is 17.1. The Morgan fingerprint density at radius 1 is 0.875 bits per heavy atom. The van der Waals surface area contributed by atoms with Crippen molar-refractivity contribution in [1.82, 2.24) is 0 Å². The fraction of sp³-hybridized carbons (Fsp3) is 0.105. The summed E-state index contributed by atoms with van der Waals surface area (Å²) in [6, 6.07) is 15.0. The van der Waals surface area contributed by atoms with Crippen LogP contribution in [0.4, 0.5) is 18.9 Å². The van der Waals surface area contributed by atoms with Crippen molar-refractivity contribution in [3.05, 3.63) is 77.6 Å². The van der Waals surface area contributed by atoms with Crippen LogP contribution in [0.25, 0.3) is 10.8 Å². The lowest BCUT2D eigenvalue weighted by atomic mass is 10.0. The van der Waals surface area contributed by atoms with Crippen LogP contribution in [-0.4, -0.2) is 12.3 Å². The highest BCUT2D eigenvalue weighted by Crippen LogP contribution is 2.20. The molecular weight excluding hydrogens is 315 g/mol. The van der Waals surface area contributed by atoms with E-state index >= 15 is 0 Å². The number of carbonyl (C=O) groups excluding carboxylic acids is 1. The second-order valence-electron chi connectivity index (χ2n) is 5.38. The van der Waals surface area contributed by atoms with Crippen LogP contribution in [0.3, 0.4) is 0 Å². The number of Topliss-reactive ketones (excluding diaryl/α,β-unsaturated/α-hetero) is 1. The maximum Gasteiger partial charge on any atom is 0.196 e. The average molecular weight is 329 g/mol. The summed E-state index contributed by atoms with van der Waals surface area (Å²) in [5.41, 5.74) is 0.390. The smallest absolute Gasteiger partial charge is 0.196 e. The molecule has 0 atom stereocenters. The van der Waals surface area contributed by atoms with Gasteiger partial charge in [-0.3, -0.25) is 4.79 Å². The second kappa shape index (κ2) is 6.74. The van der Waals surface area contributed by atoms with Crippen molar-refractivity contribution in [2.45, 2.75) is 6.42 Å². The molecule has 0 saturated carbocycles. The minimum absolute atomic E-state index is 0.108. The van der Waals surface area contributed by atoms with E-state index in [2.05, 4.69) is 5.32 Å². The fourth-order valence-corrected chi connectivity index (χ4v) is 2.48. The number of fused-ring (bicyclic) bond motifs is 1. The maximum absolute atomic E-state index is 13.5. The monoisotopic (exact) mass is 329 g/mol. The van der Waals surface area contributed by atoms with Crippen molar-refractivity contribution in [2.75, 3.05) is 11.9 Å². The van der Waals surface area contributed by atoms with Crippen molar-refractivity contribution >= 4 is 22.2 Å². The number of benzene rings is 3. The molecule has 24 heavy (non-hydrogen) atoms. The van der Waals surface area contributed by atoms with E-state index in [4.69, 9.17) is 0 Å². The largest absolute Gasteiger partial charge is 0.382 e. The van der Waals surface area contributed by atoms with Crippen LogP contribution >= 0.6 is 0 Å². The van der Waals surface area contributed by atoms with Crippen LogP contribution in [0.5, 0.6) is 0 Å². The number of nitrogens with one attached hydrogen (secondary N) is 1. The molecule has 0 saturated heterocycles. The first-order chi connectivity index (χ1) is 11.6. The highest BCUT2D eigenvalue weighted by atomic mass is 19.2. The highest BCUT2D eigenvalue weighted by Gasteiger charge is 2.13. The van der Waals surface area contributed by atoms with Crippen LogP contribution in [0, 0.1) is 17.5 Å². The minimum Gasteiger partial charge on any atom is -0.382 e. The molecule has 0 bridgehead atoms. The first kappa shape index (κ1) is 16.1. The zero-order valence-corrected chi connectivity index (χ0v) is 12.7. The molecule has 2 nitrogen and oxygen atoms in total. The van der Waals surface area contributed by atoms with E-state index in [-0.39, 0.29) is 24.4 Å². The van der Waals surface area contributed by atoms with Gasteiger partial charge in [0.2, 0.25) is 0 Å². The van der Waals surface area contributed by atoms with Crippen LogP contribution < -0.4 is 5.32 Å². The summed E-state index contributed by atoms with van der Waals surface area (Å²) in [6.07, 6.45) is 0.108. The third-order valence-corrected chi connectivity index (χ3v) is 3.77. The average Bonchev–Trinajstić information content (AvgIpc) is 2.61. The Morgan fingerprint density at radius 2 is 1.62 bits per heavy atom.